The predicted octanol–water partition coefficient (Wildman–Crippen LogP) is 5.12. The molecular weight excluding hydrogens is 427 g/mol. The Kier molecular flexibility index (Phi) is 5.97. The van der Waals surface area contributed by atoms with Gasteiger partial charge in [0.1, 0.15) is 11.6 Å². The molecule has 0 bridgehead atoms. The number of aryl methyl sites for hydroxylation is 1. The van der Waals surface area contributed by atoms with Crippen LogP contribution in [0.2, 0.25) is 5.02 Å². The fourth-order valence-corrected chi connectivity index (χ4v) is 4.07. The number of benzene rings is 2. The Morgan fingerprint density at radius 2 is 2.10 bits per heavy atom. The highest BCUT2D eigenvalue weighted by atomic mass is 35.5. The maximum atomic E-state index is 14.3. The van der Waals surface area contributed by atoms with Crippen LogP contribution in [0.15, 0.2) is 41.6 Å². The molecule has 1 aliphatic rings. The molecule has 0 spiro atoms. The summed E-state index contributed by atoms with van der Waals surface area (Å²) in [6.45, 7) is 1.86. The van der Waals surface area contributed by atoms with Crippen LogP contribution < -0.4 is 10.1 Å². The van der Waals surface area contributed by atoms with Crippen molar-refractivity contribution < 1.29 is 13.9 Å². The third-order valence-electron chi connectivity index (χ3n) is 4.78. The second-order valence-corrected chi connectivity index (χ2v) is 8.38. The first-order chi connectivity index (χ1) is 14.5. The zero-order valence-electron chi connectivity index (χ0n) is 16.5. The third kappa shape index (κ3) is 4.29. The van der Waals surface area contributed by atoms with Gasteiger partial charge in [-0.2, -0.15) is 0 Å². The number of halogens is 2. The van der Waals surface area contributed by atoms with Crippen LogP contribution in [0.25, 0.3) is 11.4 Å². The first-order valence-electron chi connectivity index (χ1n) is 9.44. The van der Waals surface area contributed by atoms with Crippen LogP contribution in [-0.4, -0.2) is 33.5 Å². The molecule has 1 aromatic heterocycles. The van der Waals surface area contributed by atoms with Gasteiger partial charge in [-0.25, -0.2) is 4.39 Å². The van der Waals surface area contributed by atoms with Crippen LogP contribution in [0, 0.1) is 12.7 Å². The number of aromatic nitrogens is 3. The Balaban J connectivity index is 1.50. The van der Waals surface area contributed by atoms with E-state index >= 15 is 0 Å². The van der Waals surface area contributed by atoms with Gasteiger partial charge < -0.3 is 10.1 Å². The van der Waals surface area contributed by atoms with Gasteiger partial charge in [-0.3, -0.25) is 9.36 Å². The van der Waals surface area contributed by atoms with E-state index in [-0.39, 0.29) is 23.5 Å². The molecule has 1 saturated carbocycles. The molecule has 1 amide bonds. The number of carbonyl (C=O) groups is 1. The minimum absolute atomic E-state index is 0.132. The van der Waals surface area contributed by atoms with E-state index in [1.165, 1.54) is 24.9 Å². The average Bonchev–Trinajstić information content (AvgIpc) is 3.48. The minimum Gasteiger partial charge on any atom is -0.495 e. The molecule has 30 heavy (non-hydrogen) atoms. The van der Waals surface area contributed by atoms with E-state index in [0.29, 0.717) is 33.0 Å². The molecule has 0 radical (unpaired) electrons. The van der Waals surface area contributed by atoms with Crippen LogP contribution in [0.4, 0.5) is 10.1 Å². The minimum atomic E-state index is -0.341. The van der Waals surface area contributed by atoms with Crippen LogP contribution >= 0.6 is 23.4 Å². The van der Waals surface area contributed by atoms with Crippen molar-refractivity contribution in [3.8, 4) is 17.1 Å². The summed E-state index contributed by atoms with van der Waals surface area (Å²) in [5, 5.41) is 12.4. The average molecular weight is 447 g/mol. The van der Waals surface area contributed by atoms with Crippen molar-refractivity contribution in [3.05, 3.63) is 52.8 Å². The molecule has 0 aliphatic heterocycles. The van der Waals surface area contributed by atoms with Gasteiger partial charge in [-0.05, 0) is 43.5 Å². The van der Waals surface area contributed by atoms with Gasteiger partial charge in [0.05, 0.1) is 24.1 Å². The van der Waals surface area contributed by atoms with Crippen molar-refractivity contribution in [1.82, 2.24) is 14.8 Å². The smallest absolute Gasteiger partial charge is 0.234 e. The summed E-state index contributed by atoms with van der Waals surface area (Å²) in [6, 6.07) is 10.2. The molecule has 2 aromatic carbocycles. The summed E-state index contributed by atoms with van der Waals surface area (Å²) in [7, 11) is 1.52. The SMILES string of the molecule is COc1cc(Cl)c(C)cc1NC(=O)CSc1nnc(-c2ccccc2F)n1C1CC1. The monoisotopic (exact) mass is 446 g/mol. The Morgan fingerprint density at radius 3 is 2.80 bits per heavy atom. The number of anilines is 1. The summed E-state index contributed by atoms with van der Waals surface area (Å²) in [4.78, 5) is 12.5. The summed E-state index contributed by atoms with van der Waals surface area (Å²) >= 11 is 7.39. The molecule has 3 aromatic rings. The normalized spacial score (nSPS) is 13.3. The number of carbonyl (C=O) groups excluding carboxylic acids is 1. The quantitative estimate of drug-likeness (QED) is 0.510. The van der Waals surface area contributed by atoms with Crippen LogP contribution in [-0.2, 0) is 4.79 Å². The number of hydrogen-bond acceptors (Lipinski definition) is 5. The Hall–Kier alpha value is -2.58. The van der Waals surface area contributed by atoms with Crippen molar-refractivity contribution in [3.63, 3.8) is 0 Å². The molecule has 0 unspecified atom stereocenters. The van der Waals surface area contributed by atoms with Crippen LogP contribution in [0.1, 0.15) is 24.4 Å². The van der Waals surface area contributed by atoms with Gasteiger partial charge in [-0.15, -0.1) is 10.2 Å². The Morgan fingerprint density at radius 1 is 1.33 bits per heavy atom. The van der Waals surface area contributed by atoms with Crippen molar-refractivity contribution in [2.24, 2.45) is 0 Å². The fourth-order valence-electron chi connectivity index (χ4n) is 3.11. The summed E-state index contributed by atoms with van der Waals surface area (Å²) in [5.74, 6) is 0.567. The van der Waals surface area contributed by atoms with Gasteiger partial charge in [-0.1, -0.05) is 35.5 Å². The molecule has 1 heterocycles. The second kappa shape index (κ2) is 8.65. The van der Waals surface area contributed by atoms with E-state index in [4.69, 9.17) is 16.3 Å². The topological polar surface area (TPSA) is 69.0 Å². The maximum absolute atomic E-state index is 14.3. The molecule has 156 valence electrons. The number of methoxy groups -OCH3 is 1. The maximum Gasteiger partial charge on any atom is 0.234 e. The zero-order chi connectivity index (χ0) is 21.3. The lowest BCUT2D eigenvalue weighted by Crippen LogP contribution is -2.15. The van der Waals surface area contributed by atoms with E-state index in [1.807, 2.05) is 11.5 Å². The molecule has 9 heteroatoms. The molecule has 0 atom stereocenters. The third-order valence-corrected chi connectivity index (χ3v) is 6.13. The number of hydrogen-bond donors (Lipinski definition) is 1. The highest BCUT2D eigenvalue weighted by Crippen LogP contribution is 2.41. The summed E-state index contributed by atoms with van der Waals surface area (Å²) in [5.41, 5.74) is 1.80. The molecule has 0 saturated heterocycles. The van der Waals surface area contributed by atoms with Crippen molar-refractivity contribution in [1.29, 1.82) is 0 Å². The largest absolute Gasteiger partial charge is 0.495 e. The second-order valence-electron chi connectivity index (χ2n) is 7.03. The van der Waals surface area contributed by atoms with E-state index in [2.05, 4.69) is 15.5 Å². The van der Waals surface area contributed by atoms with Crippen LogP contribution in [0.5, 0.6) is 5.75 Å². The van der Waals surface area contributed by atoms with E-state index < -0.39 is 0 Å². The highest BCUT2D eigenvalue weighted by molar-refractivity contribution is 7.99. The highest BCUT2D eigenvalue weighted by Gasteiger charge is 2.31. The molecule has 6 nitrogen and oxygen atoms in total. The standard InChI is InChI=1S/C21H20ClFN4O2S/c1-12-9-17(18(29-2)10-15(12)22)24-19(28)11-30-21-26-25-20(27(21)13-7-8-13)14-5-3-4-6-16(14)23/h3-6,9-10,13H,7-8,11H2,1-2H3,(H,24,28). The fraction of sp³-hybridized carbons (Fsp3) is 0.286. The lowest BCUT2D eigenvalue weighted by molar-refractivity contribution is -0.113. The molecule has 4 rings (SSSR count). The van der Waals surface area contributed by atoms with Crippen LogP contribution in [0.3, 0.4) is 0 Å². The van der Waals surface area contributed by atoms with Gasteiger partial charge in [0.2, 0.25) is 5.91 Å². The number of rotatable bonds is 7. The zero-order valence-corrected chi connectivity index (χ0v) is 18.1. The number of nitrogens with one attached hydrogen (secondary N) is 1. The molecular formula is C21H20ClFN4O2S. The van der Waals surface area contributed by atoms with E-state index in [0.717, 1.165) is 18.4 Å². The first kappa shape index (κ1) is 20.7. The van der Waals surface area contributed by atoms with Gasteiger partial charge in [0.15, 0.2) is 11.0 Å². The van der Waals surface area contributed by atoms with Gasteiger partial charge in [0, 0.05) is 17.1 Å². The number of amides is 1. The molecule has 1 N–H and O–H groups in total. The number of ether oxygens (including phenoxy) is 1. The first-order valence-corrected chi connectivity index (χ1v) is 10.8. The molecule has 1 aliphatic carbocycles. The lowest BCUT2D eigenvalue weighted by Gasteiger charge is -2.12. The molecule has 1 fully saturated rings. The van der Waals surface area contributed by atoms with Crippen molar-refractivity contribution in [2.45, 2.75) is 31.0 Å². The van der Waals surface area contributed by atoms with E-state index in [9.17, 15) is 9.18 Å². The van der Waals surface area contributed by atoms with Crippen molar-refractivity contribution >= 4 is 35.0 Å². The predicted molar refractivity (Wildman–Crippen MR) is 116 cm³/mol. The number of thioether (sulfide) groups is 1. The Labute approximate surface area is 182 Å². The number of nitrogens with zero attached hydrogens (tertiary/aromatic N) is 3. The van der Waals surface area contributed by atoms with E-state index in [1.54, 1.807) is 30.3 Å². The lowest BCUT2D eigenvalue weighted by atomic mass is 10.2. The summed E-state index contributed by atoms with van der Waals surface area (Å²) in [6.07, 6.45) is 1.97. The van der Waals surface area contributed by atoms with Gasteiger partial charge >= 0.3 is 0 Å². The van der Waals surface area contributed by atoms with Gasteiger partial charge in [0.25, 0.3) is 0 Å². The Bertz CT molecular complexity index is 1100. The summed E-state index contributed by atoms with van der Waals surface area (Å²) < 4.78 is 21.5. The van der Waals surface area contributed by atoms with Crippen molar-refractivity contribution in [2.75, 3.05) is 18.2 Å².